The molecule has 0 bridgehead atoms. The number of halogens is 1. The Hall–Kier alpha value is -3.78. The maximum Gasteiger partial charge on any atom is 0.373 e. The summed E-state index contributed by atoms with van der Waals surface area (Å²) in [5.74, 6) is 0.0234. The molecule has 3 aromatic rings. The van der Waals surface area contributed by atoms with Crippen molar-refractivity contribution in [2.75, 3.05) is 7.11 Å². The van der Waals surface area contributed by atoms with E-state index >= 15 is 0 Å². The van der Waals surface area contributed by atoms with Gasteiger partial charge in [-0.05, 0) is 36.4 Å². The van der Waals surface area contributed by atoms with Crippen LogP contribution in [0, 0.1) is 0 Å². The largest absolute Gasteiger partial charge is 0.463 e. The molecule has 0 aliphatic carbocycles. The first-order valence-electron chi connectivity index (χ1n) is 8.82. The van der Waals surface area contributed by atoms with Crippen molar-refractivity contribution in [2.24, 2.45) is 0 Å². The first-order valence-corrected chi connectivity index (χ1v) is 9.20. The molecule has 0 spiro atoms. The van der Waals surface area contributed by atoms with Gasteiger partial charge in [-0.15, -0.1) is 0 Å². The van der Waals surface area contributed by atoms with E-state index in [0.29, 0.717) is 16.5 Å². The van der Waals surface area contributed by atoms with Crippen LogP contribution in [0.2, 0.25) is 5.02 Å². The van der Waals surface area contributed by atoms with Crippen LogP contribution in [0.15, 0.2) is 63.1 Å². The zero-order chi connectivity index (χ0) is 21.3. The van der Waals surface area contributed by atoms with Gasteiger partial charge in [0.25, 0.3) is 5.91 Å². The van der Waals surface area contributed by atoms with Gasteiger partial charge in [0.2, 0.25) is 5.76 Å². The van der Waals surface area contributed by atoms with E-state index in [9.17, 15) is 14.4 Å². The number of amides is 3. The molecular formula is C21H15ClN2O6. The molecule has 0 atom stereocenters. The first kappa shape index (κ1) is 19.5. The Morgan fingerprint density at radius 2 is 2.00 bits per heavy atom. The number of hydrogen-bond acceptors (Lipinski definition) is 6. The Labute approximate surface area is 175 Å². The smallest absolute Gasteiger partial charge is 0.373 e. The summed E-state index contributed by atoms with van der Waals surface area (Å²) in [6, 6.07) is 12.9. The van der Waals surface area contributed by atoms with Crippen molar-refractivity contribution in [1.82, 2.24) is 10.2 Å². The zero-order valence-electron chi connectivity index (χ0n) is 15.7. The van der Waals surface area contributed by atoms with Crippen LogP contribution in [-0.4, -0.2) is 29.9 Å². The quantitative estimate of drug-likeness (QED) is 0.375. The third kappa shape index (κ3) is 3.85. The summed E-state index contributed by atoms with van der Waals surface area (Å²) in [6.07, 6.45) is 1.44. The molecular weight excluding hydrogens is 412 g/mol. The van der Waals surface area contributed by atoms with Crippen molar-refractivity contribution in [2.45, 2.75) is 6.54 Å². The summed E-state index contributed by atoms with van der Waals surface area (Å²) in [6.45, 7) is -0.134. The fraction of sp³-hybridized carbons (Fsp3) is 0.0952. The molecule has 9 heteroatoms. The van der Waals surface area contributed by atoms with Gasteiger partial charge < -0.3 is 18.9 Å². The molecule has 1 aromatic carbocycles. The Kier molecular flexibility index (Phi) is 5.16. The fourth-order valence-corrected chi connectivity index (χ4v) is 3.10. The van der Waals surface area contributed by atoms with Crippen molar-refractivity contribution in [3.8, 4) is 11.3 Å². The molecule has 1 saturated heterocycles. The molecule has 30 heavy (non-hydrogen) atoms. The number of rotatable bonds is 5. The Bertz CT molecular complexity index is 1180. The number of carbonyl (C=O) groups excluding carboxylic acids is 3. The first-order chi connectivity index (χ1) is 14.4. The molecule has 0 unspecified atom stereocenters. The van der Waals surface area contributed by atoms with Crippen molar-refractivity contribution in [3.63, 3.8) is 0 Å². The monoisotopic (exact) mass is 426 g/mol. The zero-order valence-corrected chi connectivity index (χ0v) is 16.4. The van der Waals surface area contributed by atoms with Crippen LogP contribution >= 0.6 is 11.6 Å². The number of methoxy groups -OCH3 is 1. The summed E-state index contributed by atoms with van der Waals surface area (Å²) >= 11 is 6.00. The van der Waals surface area contributed by atoms with Crippen LogP contribution in [0.5, 0.6) is 0 Å². The number of benzene rings is 1. The number of imide groups is 1. The average molecular weight is 427 g/mol. The molecule has 2 aromatic heterocycles. The summed E-state index contributed by atoms with van der Waals surface area (Å²) in [7, 11) is 1.23. The second kappa shape index (κ2) is 7.92. The van der Waals surface area contributed by atoms with Crippen LogP contribution in [0.25, 0.3) is 17.4 Å². The number of hydrogen-bond donors (Lipinski definition) is 1. The third-order valence-corrected chi connectivity index (χ3v) is 4.58. The topological polar surface area (TPSA) is 102 Å². The van der Waals surface area contributed by atoms with E-state index in [2.05, 4.69) is 10.1 Å². The molecule has 152 valence electrons. The number of nitrogens with zero attached hydrogens (tertiary/aromatic N) is 1. The molecule has 1 fully saturated rings. The fourth-order valence-electron chi connectivity index (χ4n) is 2.91. The normalized spacial score (nSPS) is 15.0. The minimum atomic E-state index is -0.646. The molecule has 1 aliphatic heterocycles. The number of ether oxygens (including phenoxy) is 1. The molecule has 1 aliphatic rings. The molecule has 0 saturated carbocycles. The highest BCUT2D eigenvalue weighted by Gasteiger charge is 2.34. The van der Waals surface area contributed by atoms with Gasteiger partial charge in [-0.25, -0.2) is 9.59 Å². The van der Waals surface area contributed by atoms with Gasteiger partial charge in [0.1, 0.15) is 23.0 Å². The van der Waals surface area contributed by atoms with Crippen LogP contribution in [-0.2, 0) is 16.1 Å². The molecule has 8 nitrogen and oxygen atoms in total. The Morgan fingerprint density at radius 1 is 1.17 bits per heavy atom. The molecule has 3 heterocycles. The summed E-state index contributed by atoms with van der Waals surface area (Å²) < 4.78 is 15.6. The summed E-state index contributed by atoms with van der Waals surface area (Å²) in [4.78, 5) is 37.3. The van der Waals surface area contributed by atoms with E-state index in [-0.39, 0.29) is 23.8 Å². The minimum Gasteiger partial charge on any atom is -0.463 e. The van der Waals surface area contributed by atoms with E-state index in [4.69, 9.17) is 20.4 Å². The highest BCUT2D eigenvalue weighted by molar-refractivity contribution is 6.30. The van der Waals surface area contributed by atoms with Crippen molar-refractivity contribution in [3.05, 3.63) is 76.5 Å². The van der Waals surface area contributed by atoms with Crippen LogP contribution in [0.3, 0.4) is 0 Å². The maximum atomic E-state index is 12.6. The second-order valence-electron chi connectivity index (χ2n) is 6.35. The maximum absolute atomic E-state index is 12.6. The number of urea groups is 1. The molecule has 1 N–H and O–H groups in total. The lowest BCUT2D eigenvalue weighted by atomic mass is 10.2. The second-order valence-corrected chi connectivity index (χ2v) is 6.79. The SMILES string of the molecule is COC(=O)c1ccc(CN2C(=O)NC(=Cc3ccc(-c4cccc(Cl)c4)o3)C2=O)o1. The summed E-state index contributed by atoms with van der Waals surface area (Å²) in [5, 5.41) is 3.08. The van der Waals surface area contributed by atoms with E-state index < -0.39 is 17.9 Å². The van der Waals surface area contributed by atoms with Crippen molar-refractivity contribution in [1.29, 1.82) is 0 Å². The van der Waals surface area contributed by atoms with Gasteiger partial charge >= 0.3 is 12.0 Å². The molecule has 4 rings (SSSR count). The molecule has 3 amide bonds. The van der Waals surface area contributed by atoms with Crippen LogP contribution < -0.4 is 5.32 Å². The summed E-state index contributed by atoms with van der Waals surface area (Å²) in [5.41, 5.74) is 0.849. The average Bonchev–Trinajstić information content (AvgIpc) is 3.45. The lowest BCUT2D eigenvalue weighted by Gasteiger charge is -2.09. The highest BCUT2D eigenvalue weighted by Crippen LogP contribution is 2.26. The standard InChI is InChI=1S/C21H15ClN2O6/c1-28-20(26)18-8-6-15(30-18)11-24-19(25)16(23-21(24)27)10-14-5-7-17(29-14)12-3-2-4-13(22)9-12/h2-10H,11H2,1H3,(H,23,27). The predicted molar refractivity (Wildman–Crippen MR) is 106 cm³/mol. The number of furan rings is 2. The van der Waals surface area contributed by atoms with E-state index in [0.717, 1.165) is 10.5 Å². The van der Waals surface area contributed by atoms with Crippen molar-refractivity contribution < 1.29 is 28.0 Å². The Morgan fingerprint density at radius 3 is 2.77 bits per heavy atom. The molecule has 0 radical (unpaired) electrons. The van der Waals surface area contributed by atoms with Gasteiger partial charge in [0.05, 0.1) is 13.7 Å². The van der Waals surface area contributed by atoms with Gasteiger partial charge in [-0.1, -0.05) is 23.7 Å². The number of esters is 1. The van der Waals surface area contributed by atoms with Crippen LogP contribution in [0.4, 0.5) is 4.79 Å². The highest BCUT2D eigenvalue weighted by atomic mass is 35.5. The lowest BCUT2D eigenvalue weighted by Crippen LogP contribution is -2.30. The van der Waals surface area contributed by atoms with Gasteiger partial charge in [-0.2, -0.15) is 0 Å². The number of carbonyl (C=O) groups is 3. The van der Waals surface area contributed by atoms with Crippen molar-refractivity contribution >= 4 is 35.6 Å². The van der Waals surface area contributed by atoms with Gasteiger partial charge in [0.15, 0.2) is 0 Å². The van der Waals surface area contributed by atoms with E-state index in [1.54, 1.807) is 30.3 Å². The predicted octanol–water partition coefficient (Wildman–Crippen LogP) is 4.07. The number of nitrogens with one attached hydrogen (secondary N) is 1. The van der Waals surface area contributed by atoms with Crippen LogP contribution in [0.1, 0.15) is 22.1 Å². The lowest BCUT2D eigenvalue weighted by molar-refractivity contribution is -0.123. The van der Waals surface area contributed by atoms with Gasteiger partial charge in [0, 0.05) is 16.7 Å². The van der Waals surface area contributed by atoms with Gasteiger partial charge in [-0.3, -0.25) is 9.69 Å². The van der Waals surface area contributed by atoms with E-state index in [1.165, 1.54) is 25.3 Å². The third-order valence-electron chi connectivity index (χ3n) is 4.35. The Balaban J connectivity index is 1.50. The van der Waals surface area contributed by atoms with E-state index in [1.807, 2.05) is 6.07 Å². The minimum absolute atomic E-state index is 0.0144.